The molecular weight excluding hydrogens is 278 g/mol. The van der Waals surface area contributed by atoms with E-state index in [1.54, 1.807) is 0 Å². The third-order valence-corrected chi connectivity index (χ3v) is 4.43. The van der Waals surface area contributed by atoms with Crippen LogP contribution in [0.1, 0.15) is 25.7 Å². The Balaban J connectivity index is 1.50. The monoisotopic (exact) mass is 297 g/mol. The Morgan fingerprint density at radius 2 is 1.95 bits per heavy atom. The Kier molecular flexibility index (Phi) is 4.22. The Labute approximate surface area is 122 Å². The van der Waals surface area contributed by atoms with E-state index in [1.807, 2.05) is 24.3 Å². The van der Waals surface area contributed by atoms with Crippen LogP contribution in [0.15, 0.2) is 24.3 Å². The van der Waals surface area contributed by atoms with Gasteiger partial charge < -0.3 is 0 Å². The molecule has 0 aromatic heterocycles. The van der Waals surface area contributed by atoms with Crippen LogP contribution in [0, 0.1) is 0 Å². The summed E-state index contributed by atoms with van der Waals surface area (Å²) in [5.41, 5.74) is 0. The van der Waals surface area contributed by atoms with E-state index in [-0.39, 0.29) is 6.10 Å². The van der Waals surface area contributed by atoms with Gasteiger partial charge >= 0.3 is 122 Å². The zero-order valence-corrected chi connectivity index (χ0v) is 12.3. The zero-order valence-electron chi connectivity index (χ0n) is 11.0. The second-order valence-electron chi connectivity index (χ2n) is 5.12. The van der Waals surface area contributed by atoms with E-state index < -0.39 is 0 Å². The summed E-state index contributed by atoms with van der Waals surface area (Å²) >= 11 is 3.22. The van der Waals surface area contributed by atoms with Gasteiger partial charge in [-0.25, -0.2) is 0 Å². The van der Waals surface area contributed by atoms with Crippen LogP contribution in [0.2, 0.25) is 0 Å². The fraction of sp³-hybridized carbons (Fsp3) is 0.533. The Morgan fingerprint density at radius 1 is 1.21 bits per heavy atom. The molecule has 1 aromatic carbocycles. The molecule has 0 N–H and O–H groups in total. The van der Waals surface area contributed by atoms with Crippen LogP contribution in [0.3, 0.4) is 0 Å². The third kappa shape index (κ3) is 3.20. The van der Waals surface area contributed by atoms with Gasteiger partial charge in [0.15, 0.2) is 0 Å². The number of benzene rings is 1. The van der Waals surface area contributed by atoms with E-state index in [0.717, 1.165) is 24.3 Å². The summed E-state index contributed by atoms with van der Waals surface area (Å²) in [6.45, 7) is 3.06. The molecule has 2 heterocycles. The molecule has 102 valence electrons. The first-order valence-corrected chi connectivity index (χ1v) is 7.63. The minimum atomic E-state index is 0.167. The minimum absolute atomic E-state index is 0.167. The normalized spacial score (nSPS) is 22.4. The van der Waals surface area contributed by atoms with Gasteiger partial charge in [-0.05, 0) is 0 Å². The number of hydrogen-bond acceptors (Lipinski definition) is 3. The van der Waals surface area contributed by atoms with E-state index >= 15 is 0 Å². The van der Waals surface area contributed by atoms with Gasteiger partial charge in [-0.1, -0.05) is 0 Å². The van der Waals surface area contributed by atoms with Gasteiger partial charge in [-0.2, -0.15) is 0 Å². The number of rotatable bonds is 4. The second kappa shape index (κ2) is 6.09. The number of fused-ring (bicyclic) bond motifs is 1. The van der Waals surface area contributed by atoms with Crippen molar-refractivity contribution in [2.24, 2.45) is 0 Å². The van der Waals surface area contributed by atoms with E-state index in [1.165, 1.54) is 30.4 Å². The molecule has 1 atom stereocenters. The van der Waals surface area contributed by atoms with E-state index in [9.17, 15) is 0 Å². The molecule has 2 aliphatic heterocycles. The molecule has 0 bridgehead atoms. The number of likely N-dealkylation sites (tertiary alicyclic amines) is 1. The van der Waals surface area contributed by atoms with Gasteiger partial charge in [0.2, 0.25) is 0 Å². The van der Waals surface area contributed by atoms with Crippen molar-refractivity contribution in [3.05, 3.63) is 24.3 Å². The van der Waals surface area contributed by atoms with Crippen molar-refractivity contribution in [3.8, 4) is 11.5 Å². The van der Waals surface area contributed by atoms with Crippen molar-refractivity contribution < 1.29 is 25.3 Å². The molecule has 1 unspecified atom stereocenters. The first-order valence-electron chi connectivity index (χ1n) is 6.99. The van der Waals surface area contributed by atoms with Gasteiger partial charge in [0, 0.05) is 0 Å². The SMILES string of the molecule is [Cr]=[C](CCC1COc2ccccc2O1)N1CCCC1. The van der Waals surface area contributed by atoms with Crippen LogP contribution in [0.5, 0.6) is 11.5 Å². The first kappa shape index (κ1) is 13.2. The quantitative estimate of drug-likeness (QED) is 0.852. The molecule has 1 aromatic rings. The molecule has 3 rings (SSSR count). The summed E-state index contributed by atoms with van der Waals surface area (Å²) in [4.78, 5) is 2.46. The maximum atomic E-state index is 5.97. The van der Waals surface area contributed by atoms with Crippen molar-refractivity contribution in [3.63, 3.8) is 0 Å². The summed E-state index contributed by atoms with van der Waals surface area (Å²) < 4.78 is 13.1. The van der Waals surface area contributed by atoms with E-state index in [0.29, 0.717) is 6.61 Å². The van der Waals surface area contributed by atoms with Crippen LogP contribution in [0.4, 0.5) is 0 Å². The number of ether oxygens (including phenoxy) is 2. The average Bonchev–Trinajstić information content (AvgIpc) is 2.99. The molecule has 0 spiro atoms. The molecule has 0 saturated carbocycles. The molecule has 0 amide bonds. The van der Waals surface area contributed by atoms with Crippen molar-refractivity contribution in [1.29, 1.82) is 0 Å². The van der Waals surface area contributed by atoms with Gasteiger partial charge in [-0.15, -0.1) is 0 Å². The van der Waals surface area contributed by atoms with Crippen molar-refractivity contribution >= 4 is 4.50 Å². The number of hydrogen-bond donors (Lipinski definition) is 0. The summed E-state index contributed by atoms with van der Waals surface area (Å²) in [6, 6.07) is 7.90. The molecule has 1 saturated heterocycles. The third-order valence-electron chi connectivity index (χ3n) is 3.71. The molecule has 4 heteroatoms. The van der Waals surface area contributed by atoms with Crippen LogP contribution in [-0.2, 0) is 15.9 Å². The Hall–Kier alpha value is -0.818. The summed E-state index contributed by atoms with van der Waals surface area (Å²) in [7, 11) is 0. The van der Waals surface area contributed by atoms with E-state index in [2.05, 4.69) is 20.8 Å². The summed E-state index contributed by atoms with van der Waals surface area (Å²) in [5.74, 6) is 1.74. The molecule has 2 aliphatic rings. The van der Waals surface area contributed by atoms with Crippen LogP contribution in [-0.4, -0.2) is 35.2 Å². The summed E-state index contributed by atoms with van der Waals surface area (Å²) in [5, 5.41) is 0. The predicted octanol–water partition coefficient (Wildman–Crippen LogP) is 2.38. The molecule has 0 radical (unpaired) electrons. The number of para-hydroxylation sites is 2. The van der Waals surface area contributed by atoms with Gasteiger partial charge in [0.25, 0.3) is 0 Å². The molecule has 1 fully saturated rings. The van der Waals surface area contributed by atoms with Crippen LogP contribution in [0.25, 0.3) is 0 Å². The Bertz CT molecular complexity index is 457. The second-order valence-corrected chi connectivity index (χ2v) is 5.86. The molecule has 3 nitrogen and oxygen atoms in total. The average molecular weight is 297 g/mol. The number of nitrogens with zero attached hydrogens (tertiary/aromatic N) is 1. The molecular formula is C15H19CrNO2. The first-order chi connectivity index (χ1) is 9.33. The van der Waals surface area contributed by atoms with Crippen LogP contribution < -0.4 is 9.47 Å². The zero-order chi connectivity index (χ0) is 13.1. The molecule has 19 heavy (non-hydrogen) atoms. The summed E-state index contributed by atoms with van der Waals surface area (Å²) in [6.07, 6.45) is 4.87. The fourth-order valence-corrected chi connectivity index (χ4v) is 3.08. The fourth-order valence-electron chi connectivity index (χ4n) is 2.61. The van der Waals surface area contributed by atoms with Crippen molar-refractivity contribution in [1.82, 2.24) is 4.90 Å². The molecule has 0 aliphatic carbocycles. The van der Waals surface area contributed by atoms with Crippen molar-refractivity contribution in [2.45, 2.75) is 31.8 Å². The topological polar surface area (TPSA) is 21.7 Å². The van der Waals surface area contributed by atoms with E-state index in [4.69, 9.17) is 9.47 Å². The van der Waals surface area contributed by atoms with Crippen molar-refractivity contribution in [2.75, 3.05) is 19.7 Å². The van der Waals surface area contributed by atoms with Crippen LogP contribution >= 0.6 is 0 Å². The maximum absolute atomic E-state index is 5.97. The Morgan fingerprint density at radius 3 is 2.74 bits per heavy atom. The van der Waals surface area contributed by atoms with Gasteiger partial charge in [0.1, 0.15) is 0 Å². The predicted molar refractivity (Wildman–Crippen MR) is 71.4 cm³/mol. The standard InChI is InChI=1S/C15H19NO2.Cr/c1-2-8-15-14(7-1)17-12-13(18-15)6-5-11-16-9-3-4-10-16;/h1-2,7-8,13H,3-6,9-10,12H2;. The van der Waals surface area contributed by atoms with Gasteiger partial charge in [0.05, 0.1) is 0 Å². The van der Waals surface area contributed by atoms with Gasteiger partial charge in [-0.3, -0.25) is 0 Å².